The number of urea groups is 1. The van der Waals surface area contributed by atoms with E-state index in [0.717, 1.165) is 0 Å². The molecule has 0 fully saturated rings. The number of amides is 2. The Labute approximate surface area is 210 Å². The zero-order valence-corrected chi connectivity index (χ0v) is 19.8. The van der Waals surface area contributed by atoms with Crippen molar-refractivity contribution in [2.45, 2.75) is 19.5 Å². The average Bonchev–Trinajstić information content (AvgIpc) is 3.41. The van der Waals surface area contributed by atoms with Crippen LogP contribution in [0.15, 0.2) is 100 Å². The molecule has 0 bridgehead atoms. The predicted octanol–water partition coefficient (Wildman–Crippen LogP) is 6.05. The third kappa shape index (κ3) is 4.97. The number of anilines is 1. The minimum atomic E-state index is -0.763. The number of halogens is 2. The van der Waals surface area contributed by atoms with Crippen LogP contribution in [0.2, 0.25) is 0 Å². The van der Waals surface area contributed by atoms with Crippen LogP contribution in [0.5, 0.6) is 0 Å². The highest BCUT2D eigenvalue weighted by molar-refractivity contribution is 5.89. The molecule has 1 atom stereocenters. The van der Waals surface area contributed by atoms with E-state index in [1.165, 1.54) is 58.2 Å². The lowest BCUT2D eigenvalue weighted by Crippen LogP contribution is -2.39. The first-order valence-corrected chi connectivity index (χ1v) is 11.5. The van der Waals surface area contributed by atoms with Crippen molar-refractivity contribution >= 4 is 22.6 Å². The molecule has 0 radical (unpaired) electrons. The SMILES string of the molecule is CC(c1nc2ccccc2c(=O)n1-c1ccc(F)cc1)N(Cc1ccco1)C(=O)Nc1cccc(F)c1. The van der Waals surface area contributed by atoms with Crippen molar-refractivity contribution in [3.05, 3.63) is 125 Å². The van der Waals surface area contributed by atoms with Gasteiger partial charge in [-0.2, -0.15) is 0 Å². The molecule has 5 rings (SSSR count). The van der Waals surface area contributed by atoms with Crippen molar-refractivity contribution in [2.24, 2.45) is 0 Å². The van der Waals surface area contributed by atoms with Gasteiger partial charge in [0.2, 0.25) is 0 Å². The van der Waals surface area contributed by atoms with Gasteiger partial charge in [-0.05, 0) is 73.7 Å². The lowest BCUT2D eigenvalue weighted by Gasteiger charge is -2.30. The van der Waals surface area contributed by atoms with E-state index in [2.05, 4.69) is 5.32 Å². The number of aromatic nitrogens is 2. The van der Waals surface area contributed by atoms with E-state index in [9.17, 15) is 18.4 Å². The Morgan fingerprint density at radius 1 is 1.00 bits per heavy atom. The van der Waals surface area contributed by atoms with Crippen LogP contribution in [0.3, 0.4) is 0 Å². The molecule has 0 aliphatic carbocycles. The number of benzene rings is 3. The Morgan fingerprint density at radius 2 is 1.78 bits per heavy atom. The molecule has 1 N–H and O–H groups in total. The summed E-state index contributed by atoms with van der Waals surface area (Å²) < 4.78 is 34.3. The van der Waals surface area contributed by atoms with Gasteiger partial charge < -0.3 is 14.6 Å². The van der Waals surface area contributed by atoms with Gasteiger partial charge in [0.05, 0.1) is 35.4 Å². The molecule has 0 saturated heterocycles. The molecule has 0 spiro atoms. The lowest BCUT2D eigenvalue weighted by molar-refractivity contribution is 0.179. The van der Waals surface area contributed by atoms with Crippen LogP contribution >= 0.6 is 0 Å². The average molecular weight is 501 g/mol. The molecule has 0 aliphatic heterocycles. The van der Waals surface area contributed by atoms with Crippen molar-refractivity contribution in [1.82, 2.24) is 14.5 Å². The number of hydrogen-bond acceptors (Lipinski definition) is 4. The predicted molar refractivity (Wildman–Crippen MR) is 135 cm³/mol. The highest BCUT2D eigenvalue weighted by atomic mass is 19.1. The first-order chi connectivity index (χ1) is 17.9. The molecule has 2 aromatic heterocycles. The Kier molecular flexibility index (Phi) is 6.51. The molecular formula is C28H22F2N4O3. The Balaban J connectivity index is 1.63. The Morgan fingerprint density at radius 3 is 2.51 bits per heavy atom. The first kappa shape index (κ1) is 23.9. The second kappa shape index (κ2) is 10.1. The maximum Gasteiger partial charge on any atom is 0.322 e. The van der Waals surface area contributed by atoms with Crippen molar-refractivity contribution in [3.8, 4) is 5.69 Å². The van der Waals surface area contributed by atoms with Gasteiger partial charge in [-0.15, -0.1) is 0 Å². The fourth-order valence-electron chi connectivity index (χ4n) is 4.13. The van der Waals surface area contributed by atoms with Crippen LogP contribution < -0.4 is 10.9 Å². The Hall–Kier alpha value is -4.79. The fourth-order valence-corrected chi connectivity index (χ4v) is 4.13. The van der Waals surface area contributed by atoms with Gasteiger partial charge in [-0.1, -0.05) is 18.2 Å². The number of nitrogens with zero attached hydrogens (tertiary/aromatic N) is 3. The van der Waals surface area contributed by atoms with Crippen molar-refractivity contribution in [3.63, 3.8) is 0 Å². The standard InChI is InChI=1S/C28H22F2N4O3/c1-18(33(17-23-8-5-15-37-23)28(36)31-21-7-4-6-20(30)16-21)26-32-25-10-3-2-9-24(25)27(35)34(26)22-13-11-19(29)12-14-22/h2-16,18H,17H2,1H3,(H,31,36). The first-order valence-electron chi connectivity index (χ1n) is 11.5. The number of rotatable bonds is 6. The van der Waals surface area contributed by atoms with Gasteiger partial charge in [-0.25, -0.2) is 18.6 Å². The minimum absolute atomic E-state index is 0.0431. The van der Waals surface area contributed by atoms with Gasteiger partial charge in [-0.3, -0.25) is 9.36 Å². The molecule has 9 heteroatoms. The molecule has 7 nitrogen and oxygen atoms in total. The third-order valence-electron chi connectivity index (χ3n) is 5.97. The van der Waals surface area contributed by atoms with Gasteiger partial charge in [0.1, 0.15) is 23.2 Å². The molecule has 1 unspecified atom stereocenters. The number of nitrogens with one attached hydrogen (secondary N) is 1. The van der Waals surface area contributed by atoms with Gasteiger partial charge in [0.15, 0.2) is 0 Å². The summed E-state index contributed by atoms with van der Waals surface area (Å²) in [5.41, 5.74) is 0.762. The zero-order valence-electron chi connectivity index (χ0n) is 19.8. The van der Waals surface area contributed by atoms with Gasteiger partial charge in [0, 0.05) is 5.69 Å². The van der Waals surface area contributed by atoms with E-state index in [1.807, 2.05) is 0 Å². The van der Waals surface area contributed by atoms with Crippen LogP contribution in [0.25, 0.3) is 16.6 Å². The molecule has 2 amide bonds. The number of hydrogen-bond donors (Lipinski definition) is 1. The van der Waals surface area contributed by atoms with Crippen molar-refractivity contribution < 1.29 is 18.0 Å². The normalized spacial score (nSPS) is 11.9. The third-order valence-corrected chi connectivity index (χ3v) is 5.97. The second-order valence-electron chi connectivity index (χ2n) is 8.43. The summed E-state index contributed by atoms with van der Waals surface area (Å²) in [6, 6.07) is 20.0. The summed E-state index contributed by atoms with van der Waals surface area (Å²) in [6.07, 6.45) is 1.49. The van der Waals surface area contributed by atoms with Crippen LogP contribution in [-0.2, 0) is 6.54 Å². The van der Waals surface area contributed by atoms with Crippen LogP contribution in [-0.4, -0.2) is 20.5 Å². The summed E-state index contributed by atoms with van der Waals surface area (Å²) in [6.45, 7) is 1.77. The summed E-state index contributed by atoms with van der Waals surface area (Å²) in [7, 11) is 0. The number of carbonyl (C=O) groups excluding carboxylic acids is 1. The molecule has 37 heavy (non-hydrogen) atoms. The summed E-state index contributed by atoms with van der Waals surface area (Å²) >= 11 is 0. The maximum absolute atomic E-state index is 13.8. The van der Waals surface area contributed by atoms with E-state index < -0.39 is 23.7 Å². The maximum atomic E-state index is 13.8. The topological polar surface area (TPSA) is 80.4 Å². The van der Waals surface area contributed by atoms with Crippen molar-refractivity contribution in [2.75, 3.05) is 5.32 Å². The largest absolute Gasteiger partial charge is 0.467 e. The Bertz CT molecular complexity index is 1620. The number of furan rings is 1. The smallest absolute Gasteiger partial charge is 0.322 e. The van der Waals surface area contributed by atoms with Crippen LogP contribution in [0.1, 0.15) is 24.6 Å². The van der Waals surface area contributed by atoms with Crippen LogP contribution in [0, 0.1) is 11.6 Å². The number of para-hydroxylation sites is 1. The molecule has 5 aromatic rings. The molecule has 0 aliphatic rings. The summed E-state index contributed by atoms with van der Waals surface area (Å²) in [5, 5.41) is 3.08. The van der Waals surface area contributed by atoms with E-state index in [0.29, 0.717) is 22.4 Å². The fraction of sp³-hybridized carbons (Fsp3) is 0.107. The number of fused-ring (bicyclic) bond motifs is 1. The van der Waals surface area contributed by atoms with Gasteiger partial charge in [0.25, 0.3) is 5.56 Å². The monoisotopic (exact) mass is 500 g/mol. The molecule has 0 saturated carbocycles. The highest BCUT2D eigenvalue weighted by Gasteiger charge is 2.28. The van der Waals surface area contributed by atoms with Crippen molar-refractivity contribution in [1.29, 1.82) is 0 Å². The molecule has 186 valence electrons. The van der Waals surface area contributed by atoms with E-state index in [1.54, 1.807) is 49.4 Å². The minimum Gasteiger partial charge on any atom is -0.467 e. The van der Waals surface area contributed by atoms with E-state index >= 15 is 0 Å². The molecular weight excluding hydrogens is 478 g/mol. The quantitative estimate of drug-likeness (QED) is 0.308. The highest BCUT2D eigenvalue weighted by Crippen LogP contribution is 2.26. The van der Waals surface area contributed by atoms with Gasteiger partial charge >= 0.3 is 6.03 Å². The molecule has 3 aromatic carbocycles. The second-order valence-corrected chi connectivity index (χ2v) is 8.43. The van der Waals surface area contributed by atoms with Crippen LogP contribution in [0.4, 0.5) is 19.3 Å². The van der Waals surface area contributed by atoms with E-state index in [4.69, 9.17) is 9.40 Å². The molecule has 2 heterocycles. The summed E-state index contributed by atoms with van der Waals surface area (Å²) in [4.78, 5) is 33.3. The number of carbonyl (C=O) groups is 1. The zero-order chi connectivity index (χ0) is 25.9. The lowest BCUT2D eigenvalue weighted by atomic mass is 10.1. The summed E-state index contributed by atoms with van der Waals surface area (Å²) in [5.74, 6) is -0.187. The van der Waals surface area contributed by atoms with E-state index in [-0.39, 0.29) is 23.6 Å².